The van der Waals surface area contributed by atoms with E-state index in [1.807, 2.05) is 0 Å². The summed E-state index contributed by atoms with van der Waals surface area (Å²) in [4.78, 5) is 162. The largest absolute Gasteiger partial charge is 0.508 e. The zero-order chi connectivity index (χ0) is 52.9. The van der Waals surface area contributed by atoms with Gasteiger partial charge in [0.05, 0.1) is 25.9 Å². The Balaban J connectivity index is 2.19. The maximum atomic E-state index is 14.2. The maximum Gasteiger partial charge on any atom is 0.246 e. The Hall–Kier alpha value is -7.38. The lowest BCUT2D eigenvalue weighted by atomic mass is 9.99. The number of amides is 12. The van der Waals surface area contributed by atoms with E-state index in [1.165, 1.54) is 24.3 Å². The fourth-order valence-corrected chi connectivity index (χ4v) is 7.94. The first kappa shape index (κ1) is 57.9. The summed E-state index contributed by atoms with van der Waals surface area (Å²) >= 11 is 0. The van der Waals surface area contributed by atoms with Gasteiger partial charge in [-0.25, -0.2) is 0 Å². The van der Waals surface area contributed by atoms with Crippen LogP contribution in [0.25, 0.3) is 0 Å². The molecule has 17 N–H and O–H groups in total. The number of primary amides is 4. The summed E-state index contributed by atoms with van der Waals surface area (Å²) in [5.41, 5.74) is 22.0. The average Bonchev–Trinajstić information content (AvgIpc) is 3.80. The predicted octanol–water partition coefficient (Wildman–Crippen LogP) is -4.79. The molecule has 0 aromatic heterocycles. The van der Waals surface area contributed by atoms with Crippen LogP contribution < -0.4 is 60.2 Å². The molecule has 9 atom stereocenters. The average molecular weight is 1000 g/mol. The number of benzene rings is 1. The van der Waals surface area contributed by atoms with Crippen LogP contribution in [0.3, 0.4) is 0 Å². The standard InChI is InChI=1S/C45H68N12O14/c1-3-23(2)8-5-4-6-9-26-38(64)53-30(20-36(48)62)42(68)52-28(18-24-11-13-25(59)14-12-24)40(66)54-29(19-35(47)61)41(67)50-27(15-16-34(46)60)39(65)56-32(22-58)43(69)55-31(21-37(49)63)45(71)57-17-7-10-33(57)44(70)51-26/h11-14,23,26-33,58-59H,3-10,15-22H2,1-2H3,(H2,46,60)(H2,47,61)(H2,48,62)(H2,49,63)(H,50,67)(H,51,70)(H,52,68)(H,53,64)(H,54,66)(H,55,69)(H,56,65)/t23?,26?,27-,28+,29-,30-,31-,32-,33+/m0/s1. The summed E-state index contributed by atoms with van der Waals surface area (Å²) in [6.07, 6.45) is -0.0591. The summed E-state index contributed by atoms with van der Waals surface area (Å²) in [7, 11) is 0. The van der Waals surface area contributed by atoms with Gasteiger partial charge in [0.1, 0.15) is 54.1 Å². The topological polar surface area (TPSA) is 437 Å². The molecule has 2 aliphatic heterocycles. The number of nitrogens with two attached hydrogens (primary N) is 4. The van der Waals surface area contributed by atoms with Crippen LogP contribution in [0.15, 0.2) is 24.3 Å². The smallest absolute Gasteiger partial charge is 0.246 e. The van der Waals surface area contributed by atoms with Crippen molar-refractivity contribution in [1.29, 1.82) is 0 Å². The number of hydrogen-bond donors (Lipinski definition) is 13. The zero-order valence-corrected chi connectivity index (χ0v) is 39.9. The van der Waals surface area contributed by atoms with Gasteiger partial charge in [-0.05, 0) is 49.3 Å². The van der Waals surface area contributed by atoms with Gasteiger partial charge in [0, 0.05) is 19.4 Å². The third kappa shape index (κ3) is 19.1. The van der Waals surface area contributed by atoms with Crippen molar-refractivity contribution in [3.05, 3.63) is 29.8 Å². The molecule has 2 fully saturated rings. The van der Waals surface area contributed by atoms with E-state index in [4.69, 9.17) is 22.9 Å². The minimum atomic E-state index is -1.91. The Morgan fingerprint density at radius 3 is 1.58 bits per heavy atom. The first-order valence-electron chi connectivity index (χ1n) is 23.5. The van der Waals surface area contributed by atoms with E-state index in [9.17, 15) is 67.7 Å². The van der Waals surface area contributed by atoms with Crippen molar-refractivity contribution >= 4 is 70.9 Å². The second-order valence-electron chi connectivity index (χ2n) is 17.8. The van der Waals surface area contributed by atoms with Crippen LogP contribution in [0.4, 0.5) is 0 Å². The van der Waals surface area contributed by atoms with Gasteiger partial charge in [0.2, 0.25) is 70.9 Å². The molecular weight excluding hydrogens is 933 g/mol. The lowest BCUT2D eigenvalue weighted by Gasteiger charge is -2.31. The molecule has 26 heteroatoms. The Morgan fingerprint density at radius 1 is 0.592 bits per heavy atom. The summed E-state index contributed by atoms with van der Waals surface area (Å²) < 4.78 is 0. The molecule has 0 saturated carbocycles. The molecule has 392 valence electrons. The quantitative estimate of drug-likeness (QED) is 0.0579. The van der Waals surface area contributed by atoms with Crippen LogP contribution in [0.1, 0.15) is 103 Å². The molecule has 0 spiro atoms. The van der Waals surface area contributed by atoms with Crippen molar-refractivity contribution in [3.8, 4) is 5.75 Å². The van der Waals surface area contributed by atoms with E-state index in [-0.39, 0.29) is 38.0 Å². The molecule has 0 radical (unpaired) electrons. The highest BCUT2D eigenvalue weighted by atomic mass is 16.3. The molecule has 1 aromatic carbocycles. The molecule has 2 saturated heterocycles. The molecule has 2 aliphatic rings. The summed E-state index contributed by atoms with van der Waals surface area (Å²) in [6, 6.07) is -8.13. The molecule has 2 heterocycles. The van der Waals surface area contributed by atoms with Gasteiger partial charge in [0.25, 0.3) is 0 Å². The number of phenols is 1. The summed E-state index contributed by atoms with van der Waals surface area (Å²) in [5.74, 6) is -12.7. The van der Waals surface area contributed by atoms with Crippen LogP contribution in [-0.4, -0.2) is 147 Å². The Bertz CT molecular complexity index is 2120. The van der Waals surface area contributed by atoms with Crippen LogP contribution >= 0.6 is 0 Å². The SMILES string of the molecule is CCC(C)CCCCCC1NC(=O)[C@H]2CCCN2C(=O)[C@H](CC(N)=O)NC(=O)[C@H](CO)NC(=O)[C@H](CCC(N)=O)NC(=O)[C@H](CC(N)=O)NC(=O)[C@@H](Cc2ccc(O)cc2)NC(=O)[C@H](CC(N)=O)NC1=O. The number of aliphatic hydroxyl groups excluding tert-OH is 1. The van der Waals surface area contributed by atoms with Gasteiger partial charge >= 0.3 is 0 Å². The van der Waals surface area contributed by atoms with Crippen molar-refractivity contribution in [2.24, 2.45) is 28.9 Å². The number of hydrogen-bond acceptors (Lipinski definition) is 14. The number of phenolic OH excluding ortho intramolecular Hbond substituents is 1. The van der Waals surface area contributed by atoms with E-state index >= 15 is 0 Å². The minimum absolute atomic E-state index is 0.0108. The number of carbonyl (C=O) groups is 12. The second kappa shape index (κ2) is 28.3. The van der Waals surface area contributed by atoms with Crippen LogP contribution in [0.5, 0.6) is 5.75 Å². The monoisotopic (exact) mass is 1000 g/mol. The van der Waals surface area contributed by atoms with Crippen LogP contribution in [-0.2, 0) is 64.0 Å². The predicted molar refractivity (Wildman–Crippen MR) is 250 cm³/mol. The van der Waals surface area contributed by atoms with E-state index in [0.29, 0.717) is 24.3 Å². The van der Waals surface area contributed by atoms with E-state index in [1.54, 1.807) is 0 Å². The molecule has 71 heavy (non-hydrogen) atoms. The van der Waals surface area contributed by atoms with Gasteiger partial charge < -0.3 is 75.3 Å². The number of rotatable bonds is 19. The Kier molecular flexibility index (Phi) is 23.1. The molecule has 12 amide bonds. The van der Waals surface area contributed by atoms with E-state index in [2.05, 4.69) is 51.1 Å². The fourth-order valence-electron chi connectivity index (χ4n) is 7.94. The van der Waals surface area contributed by atoms with E-state index in [0.717, 1.165) is 24.2 Å². The third-order valence-corrected chi connectivity index (χ3v) is 12.1. The number of aromatic hydroxyl groups is 1. The second-order valence-corrected chi connectivity index (χ2v) is 17.8. The summed E-state index contributed by atoms with van der Waals surface area (Å²) in [5, 5.41) is 36.7. The van der Waals surface area contributed by atoms with E-state index < -0.39 is 158 Å². The number of aliphatic hydroxyl groups is 1. The molecule has 2 unspecified atom stereocenters. The molecule has 3 rings (SSSR count). The van der Waals surface area contributed by atoms with Crippen molar-refractivity contribution in [3.63, 3.8) is 0 Å². The van der Waals surface area contributed by atoms with Gasteiger partial charge in [-0.3, -0.25) is 57.5 Å². The highest BCUT2D eigenvalue weighted by molar-refractivity contribution is 6.01. The lowest BCUT2D eigenvalue weighted by molar-refractivity contribution is -0.143. The lowest BCUT2D eigenvalue weighted by Crippen LogP contribution is -2.62. The van der Waals surface area contributed by atoms with Crippen molar-refractivity contribution in [2.75, 3.05) is 13.2 Å². The fraction of sp³-hybridized carbons (Fsp3) is 0.600. The number of nitrogens with one attached hydrogen (secondary N) is 7. The minimum Gasteiger partial charge on any atom is -0.508 e. The highest BCUT2D eigenvalue weighted by Crippen LogP contribution is 2.21. The number of unbranched alkanes of at least 4 members (excludes halogenated alkanes) is 2. The van der Waals surface area contributed by atoms with Crippen molar-refractivity contribution < 1.29 is 67.7 Å². The van der Waals surface area contributed by atoms with Gasteiger partial charge in [-0.15, -0.1) is 0 Å². The van der Waals surface area contributed by atoms with Crippen molar-refractivity contribution in [1.82, 2.24) is 42.1 Å². The first-order valence-corrected chi connectivity index (χ1v) is 23.5. The zero-order valence-electron chi connectivity index (χ0n) is 39.9. The molecule has 1 aromatic rings. The third-order valence-electron chi connectivity index (χ3n) is 12.1. The summed E-state index contributed by atoms with van der Waals surface area (Å²) in [6.45, 7) is 2.95. The normalized spacial score (nSPS) is 24.9. The first-order chi connectivity index (χ1) is 33.5. The molecule has 0 bridgehead atoms. The van der Waals surface area contributed by atoms with Crippen LogP contribution in [0, 0.1) is 5.92 Å². The van der Waals surface area contributed by atoms with Gasteiger partial charge in [-0.1, -0.05) is 58.1 Å². The Morgan fingerprint density at radius 2 is 1.04 bits per heavy atom. The Labute approximate surface area is 409 Å². The number of fused-ring (bicyclic) bond motifs is 1. The van der Waals surface area contributed by atoms with Gasteiger partial charge in [-0.2, -0.15) is 0 Å². The molecular formula is C45H68N12O14. The number of carbonyl (C=O) groups excluding carboxylic acids is 12. The van der Waals surface area contributed by atoms with Crippen LogP contribution in [0.2, 0.25) is 0 Å². The maximum absolute atomic E-state index is 14.2. The highest BCUT2D eigenvalue weighted by Gasteiger charge is 2.41. The van der Waals surface area contributed by atoms with Gasteiger partial charge in [0.15, 0.2) is 0 Å². The number of nitrogens with zero attached hydrogens (tertiary/aromatic N) is 1. The molecule has 0 aliphatic carbocycles. The molecule has 26 nitrogen and oxygen atoms in total. The van der Waals surface area contributed by atoms with Crippen molar-refractivity contribution in [2.45, 2.75) is 152 Å².